The maximum absolute atomic E-state index is 5.85. The molecule has 1 saturated heterocycles. The van der Waals surface area contributed by atoms with Gasteiger partial charge in [-0.25, -0.2) is 9.97 Å². The molecule has 1 fully saturated rings. The molecule has 1 aromatic heterocycles. The zero-order valence-electron chi connectivity index (χ0n) is 9.97. The Morgan fingerprint density at radius 3 is 2.94 bits per heavy atom. The van der Waals surface area contributed by atoms with Crippen LogP contribution in [-0.4, -0.2) is 40.1 Å². The number of rotatable bonds is 4. The van der Waals surface area contributed by atoms with Crippen LogP contribution >= 0.6 is 0 Å². The predicted molar refractivity (Wildman–Crippen MR) is 62.4 cm³/mol. The minimum atomic E-state index is 0.278. The largest absolute Gasteiger partial charge is 0.473 e. The summed E-state index contributed by atoms with van der Waals surface area (Å²) in [5.74, 6) is 0.688. The summed E-state index contributed by atoms with van der Waals surface area (Å²) in [5.41, 5.74) is 0. The van der Waals surface area contributed by atoms with Crippen LogP contribution in [0.4, 0.5) is 0 Å². The van der Waals surface area contributed by atoms with E-state index in [0.717, 1.165) is 19.5 Å². The van der Waals surface area contributed by atoms with Crippen molar-refractivity contribution in [2.24, 2.45) is 0 Å². The monoisotopic (exact) mass is 221 g/mol. The van der Waals surface area contributed by atoms with E-state index in [2.05, 4.69) is 28.7 Å². The van der Waals surface area contributed by atoms with Gasteiger partial charge in [-0.2, -0.15) is 0 Å². The summed E-state index contributed by atoms with van der Waals surface area (Å²) in [5, 5.41) is 0. The first-order valence-corrected chi connectivity index (χ1v) is 6.00. The highest BCUT2D eigenvalue weighted by Gasteiger charge is 2.31. The molecule has 1 aliphatic rings. The van der Waals surface area contributed by atoms with Crippen LogP contribution in [0.5, 0.6) is 5.88 Å². The molecule has 0 saturated carbocycles. The van der Waals surface area contributed by atoms with E-state index >= 15 is 0 Å². The van der Waals surface area contributed by atoms with E-state index in [-0.39, 0.29) is 6.10 Å². The van der Waals surface area contributed by atoms with Crippen LogP contribution in [0.1, 0.15) is 26.7 Å². The van der Waals surface area contributed by atoms with Crippen molar-refractivity contribution >= 4 is 0 Å². The van der Waals surface area contributed by atoms with Gasteiger partial charge in [0.1, 0.15) is 12.4 Å². The van der Waals surface area contributed by atoms with Crippen LogP contribution in [0.15, 0.2) is 18.6 Å². The zero-order valence-corrected chi connectivity index (χ0v) is 9.97. The fourth-order valence-corrected chi connectivity index (χ4v) is 2.35. The highest BCUT2D eigenvalue weighted by Crippen LogP contribution is 2.23. The Labute approximate surface area is 96.7 Å². The lowest BCUT2D eigenvalue weighted by Crippen LogP contribution is -2.29. The van der Waals surface area contributed by atoms with Crippen LogP contribution < -0.4 is 4.74 Å². The minimum absolute atomic E-state index is 0.278. The molecule has 0 radical (unpaired) electrons. The minimum Gasteiger partial charge on any atom is -0.473 e. The molecule has 0 aliphatic carbocycles. The normalized spacial score (nSPS) is 25.9. The molecule has 0 spiro atoms. The Kier molecular flexibility index (Phi) is 3.72. The number of hydrogen-bond donors (Lipinski definition) is 0. The molecule has 4 heteroatoms. The second-order valence-corrected chi connectivity index (χ2v) is 4.17. The van der Waals surface area contributed by atoms with Gasteiger partial charge in [0.2, 0.25) is 5.88 Å². The smallest absolute Gasteiger partial charge is 0.216 e. The first-order valence-electron chi connectivity index (χ1n) is 6.00. The highest BCUT2D eigenvalue weighted by atomic mass is 16.5. The highest BCUT2D eigenvalue weighted by molar-refractivity contribution is 5.06. The number of hydrogen-bond acceptors (Lipinski definition) is 4. The second kappa shape index (κ2) is 5.25. The first-order chi connectivity index (χ1) is 7.83. The number of likely N-dealkylation sites (tertiary alicyclic amines) is 1. The fraction of sp³-hybridized carbons (Fsp3) is 0.667. The van der Waals surface area contributed by atoms with E-state index in [1.807, 2.05) is 6.07 Å². The molecule has 1 aliphatic heterocycles. The number of aromatic nitrogens is 2. The molecule has 88 valence electrons. The van der Waals surface area contributed by atoms with Gasteiger partial charge in [0.25, 0.3) is 0 Å². The lowest BCUT2D eigenvalue weighted by atomic mass is 10.1. The molecule has 1 aromatic rings. The van der Waals surface area contributed by atoms with Crippen molar-refractivity contribution in [2.45, 2.75) is 38.8 Å². The molecule has 0 amide bonds. The lowest BCUT2D eigenvalue weighted by Gasteiger charge is -2.19. The van der Waals surface area contributed by atoms with Gasteiger partial charge in [0.05, 0.1) is 0 Å². The molecule has 0 bridgehead atoms. The summed E-state index contributed by atoms with van der Waals surface area (Å²) in [6.45, 7) is 6.55. The van der Waals surface area contributed by atoms with Crippen LogP contribution in [0, 0.1) is 0 Å². The van der Waals surface area contributed by atoms with Crippen molar-refractivity contribution in [3.8, 4) is 5.88 Å². The third kappa shape index (κ3) is 2.50. The maximum atomic E-state index is 5.85. The number of ether oxygens (including phenoxy) is 1. The van der Waals surface area contributed by atoms with Crippen molar-refractivity contribution in [3.63, 3.8) is 0 Å². The van der Waals surface area contributed by atoms with Crippen molar-refractivity contribution in [2.75, 3.05) is 13.1 Å². The SMILES string of the molecule is CCC1CC(Oc2ccncn2)CN1CC. The van der Waals surface area contributed by atoms with Crippen molar-refractivity contribution < 1.29 is 4.74 Å². The molecule has 2 rings (SSSR count). The van der Waals surface area contributed by atoms with Crippen LogP contribution in [0.2, 0.25) is 0 Å². The van der Waals surface area contributed by atoms with Crippen molar-refractivity contribution in [1.82, 2.24) is 14.9 Å². The zero-order chi connectivity index (χ0) is 11.4. The Morgan fingerprint density at radius 2 is 2.38 bits per heavy atom. The topological polar surface area (TPSA) is 38.3 Å². The van der Waals surface area contributed by atoms with Gasteiger partial charge in [-0.1, -0.05) is 13.8 Å². The van der Waals surface area contributed by atoms with Crippen LogP contribution in [-0.2, 0) is 0 Å². The average Bonchev–Trinajstić information content (AvgIpc) is 2.72. The summed E-state index contributed by atoms with van der Waals surface area (Å²) in [6.07, 6.45) is 5.82. The van der Waals surface area contributed by atoms with E-state index in [0.29, 0.717) is 11.9 Å². The standard InChI is InChI=1S/C12H19N3O/c1-3-10-7-11(8-15(10)4-2)16-12-5-6-13-9-14-12/h5-6,9-11H,3-4,7-8H2,1-2H3. The second-order valence-electron chi connectivity index (χ2n) is 4.17. The summed E-state index contributed by atoms with van der Waals surface area (Å²) in [6, 6.07) is 2.48. The molecule has 2 unspecified atom stereocenters. The quantitative estimate of drug-likeness (QED) is 0.776. The van der Waals surface area contributed by atoms with Gasteiger partial charge in [-0.15, -0.1) is 0 Å². The summed E-state index contributed by atoms with van der Waals surface area (Å²) in [7, 11) is 0. The van der Waals surface area contributed by atoms with Crippen molar-refractivity contribution in [1.29, 1.82) is 0 Å². The molecule has 16 heavy (non-hydrogen) atoms. The van der Waals surface area contributed by atoms with Crippen LogP contribution in [0.25, 0.3) is 0 Å². The lowest BCUT2D eigenvalue weighted by molar-refractivity contribution is 0.193. The predicted octanol–water partition coefficient (Wildman–Crippen LogP) is 1.73. The molecule has 0 N–H and O–H groups in total. The third-order valence-electron chi connectivity index (χ3n) is 3.21. The first kappa shape index (κ1) is 11.3. The Balaban J connectivity index is 1.93. The van der Waals surface area contributed by atoms with Gasteiger partial charge >= 0.3 is 0 Å². The van der Waals surface area contributed by atoms with E-state index in [9.17, 15) is 0 Å². The summed E-state index contributed by atoms with van der Waals surface area (Å²) >= 11 is 0. The number of nitrogens with zero attached hydrogens (tertiary/aromatic N) is 3. The molecule has 2 heterocycles. The van der Waals surface area contributed by atoms with Gasteiger partial charge in [-0.3, -0.25) is 4.90 Å². The summed E-state index contributed by atoms with van der Waals surface area (Å²) < 4.78 is 5.85. The van der Waals surface area contributed by atoms with E-state index < -0.39 is 0 Å². The average molecular weight is 221 g/mol. The Bertz CT molecular complexity index is 305. The molecular weight excluding hydrogens is 202 g/mol. The maximum Gasteiger partial charge on any atom is 0.216 e. The fourth-order valence-electron chi connectivity index (χ4n) is 2.35. The van der Waals surface area contributed by atoms with E-state index in [1.54, 1.807) is 6.20 Å². The van der Waals surface area contributed by atoms with Gasteiger partial charge in [-0.05, 0) is 13.0 Å². The number of likely N-dealkylation sites (N-methyl/N-ethyl adjacent to an activating group) is 1. The van der Waals surface area contributed by atoms with E-state index in [1.165, 1.54) is 12.7 Å². The Morgan fingerprint density at radius 1 is 1.50 bits per heavy atom. The summed E-state index contributed by atoms with van der Waals surface area (Å²) in [4.78, 5) is 10.5. The van der Waals surface area contributed by atoms with Gasteiger partial charge in [0.15, 0.2) is 0 Å². The molecule has 0 aromatic carbocycles. The van der Waals surface area contributed by atoms with Crippen molar-refractivity contribution in [3.05, 3.63) is 18.6 Å². The van der Waals surface area contributed by atoms with E-state index in [4.69, 9.17) is 4.74 Å². The molecule has 2 atom stereocenters. The van der Waals surface area contributed by atoms with Gasteiger partial charge in [0, 0.05) is 31.3 Å². The third-order valence-corrected chi connectivity index (χ3v) is 3.21. The molecular formula is C12H19N3O. The van der Waals surface area contributed by atoms with Crippen LogP contribution in [0.3, 0.4) is 0 Å². The Hall–Kier alpha value is -1.16. The molecule has 4 nitrogen and oxygen atoms in total. The van der Waals surface area contributed by atoms with Gasteiger partial charge < -0.3 is 4.74 Å².